The number of nitrogens with zero attached hydrogens (tertiary/aromatic N) is 1. The lowest BCUT2D eigenvalue weighted by atomic mass is 9.93. The highest BCUT2D eigenvalue weighted by Crippen LogP contribution is 2.29. The molecule has 0 aromatic heterocycles. The summed E-state index contributed by atoms with van der Waals surface area (Å²) in [7, 11) is 0. The number of amides is 1. The molecular formula is C23H29ClN2O3. The van der Waals surface area contributed by atoms with Gasteiger partial charge >= 0.3 is 0 Å². The van der Waals surface area contributed by atoms with Gasteiger partial charge in [-0.1, -0.05) is 35.9 Å². The summed E-state index contributed by atoms with van der Waals surface area (Å²) < 4.78 is 5.54. The van der Waals surface area contributed by atoms with Crippen molar-refractivity contribution in [1.29, 1.82) is 0 Å². The third-order valence-corrected chi connectivity index (χ3v) is 5.37. The van der Waals surface area contributed by atoms with E-state index in [4.69, 9.17) is 16.3 Å². The monoisotopic (exact) mass is 416 g/mol. The lowest BCUT2D eigenvalue weighted by molar-refractivity contribution is -0.127. The topological polar surface area (TPSA) is 61.8 Å². The summed E-state index contributed by atoms with van der Waals surface area (Å²) in [6.07, 6.45) is 1.62. The second kappa shape index (κ2) is 10.1. The Balaban J connectivity index is 1.71. The smallest absolute Gasteiger partial charge is 0.237 e. The van der Waals surface area contributed by atoms with Crippen LogP contribution in [0, 0.1) is 0 Å². The van der Waals surface area contributed by atoms with Crippen LogP contribution in [0.4, 0.5) is 0 Å². The molecule has 0 saturated heterocycles. The molecule has 156 valence electrons. The molecule has 2 aromatic carbocycles. The fourth-order valence-electron chi connectivity index (χ4n) is 3.62. The van der Waals surface area contributed by atoms with Crippen molar-refractivity contribution in [1.82, 2.24) is 10.2 Å². The number of phenols is 1. The predicted octanol–water partition coefficient (Wildman–Crippen LogP) is 3.90. The number of hydrogen-bond acceptors (Lipinski definition) is 4. The van der Waals surface area contributed by atoms with Gasteiger partial charge in [-0.2, -0.15) is 0 Å². The van der Waals surface area contributed by atoms with Crippen molar-refractivity contribution in [3.63, 3.8) is 0 Å². The first-order valence-electron chi connectivity index (χ1n) is 10.1. The fraction of sp³-hybridized carbons (Fsp3) is 0.435. The Labute approximate surface area is 177 Å². The summed E-state index contributed by atoms with van der Waals surface area (Å²) in [5.74, 6) is 0.198. The Bertz CT molecular complexity index is 841. The minimum absolute atomic E-state index is 0.00516. The predicted molar refractivity (Wildman–Crippen MR) is 115 cm³/mol. The maximum Gasteiger partial charge on any atom is 0.237 e. The van der Waals surface area contributed by atoms with Crippen molar-refractivity contribution in [2.75, 3.05) is 13.2 Å². The van der Waals surface area contributed by atoms with Gasteiger partial charge in [0.2, 0.25) is 5.91 Å². The van der Waals surface area contributed by atoms with E-state index in [9.17, 15) is 9.90 Å². The highest BCUT2D eigenvalue weighted by atomic mass is 35.5. The summed E-state index contributed by atoms with van der Waals surface area (Å²) in [5, 5.41) is 13.9. The van der Waals surface area contributed by atoms with Gasteiger partial charge in [0, 0.05) is 36.8 Å². The Morgan fingerprint density at radius 1 is 1.28 bits per heavy atom. The Kier molecular flexibility index (Phi) is 7.53. The molecule has 0 unspecified atom stereocenters. The number of aromatic hydroxyl groups is 1. The first kappa shape index (κ1) is 21.6. The van der Waals surface area contributed by atoms with Crippen LogP contribution in [0.1, 0.15) is 37.0 Å². The minimum Gasteiger partial charge on any atom is -0.508 e. The van der Waals surface area contributed by atoms with Crippen molar-refractivity contribution >= 4 is 17.5 Å². The van der Waals surface area contributed by atoms with Crippen LogP contribution in [0.15, 0.2) is 42.5 Å². The first-order valence-corrected chi connectivity index (χ1v) is 10.5. The van der Waals surface area contributed by atoms with Crippen molar-refractivity contribution in [3.05, 3.63) is 64.2 Å². The zero-order valence-corrected chi connectivity index (χ0v) is 17.8. The largest absolute Gasteiger partial charge is 0.508 e. The van der Waals surface area contributed by atoms with Crippen molar-refractivity contribution < 1.29 is 14.6 Å². The molecule has 6 heteroatoms. The molecule has 1 aliphatic rings. The van der Waals surface area contributed by atoms with E-state index < -0.39 is 0 Å². The number of hydrogen-bond donors (Lipinski definition) is 2. The number of rotatable bonds is 8. The highest BCUT2D eigenvalue weighted by Gasteiger charge is 2.31. The van der Waals surface area contributed by atoms with Crippen LogP contribution in [0.25, 0.3) is 0 Å². The van der Waals surface area contributed by atoms with Crippen molar-refractivity contribution in [2.24, 2.45) is 0 Å². The standard InChI is InChI=1S/C23H29ClN2O3/c1-16(2)29-11-5-10-25-23(28)21-13-17-6-3-4-7-18(17)14-26(21)15-19-12-20(24)8-9-22(19)27/h3-4,6-9,12,16,21,27H,5,10-11,13-15H2,1-2H3,(H,25,28)/t21-/m1/s1. The van der Waals surface area contributed by atoms with Gasteiger partial charge in [-0.3, -0.25) is 9.69 Å². The second-order valence-corrected chi connectivity index (χ2v) is 8.17. The molecule has 1 aliphatic heterocycles. The molecule has 0 fully saturated rings. The number of ether oxygens (including phenoxy) is 1. The second-order valence-electron chi connectivity index (χ2n) is 7.73. The van der Waals surface area contributed by atoms with Crippen molar-refractivity contribution in [2.45, 2.75) is 51.9 Å². The number of phenolic OH excluding ortho intramolecular Hbond substituents is 1. The number of carbonyl (C=O) groups excluding carboxylic acids is 1. The lowest BCUT2D eigenvalue weighted by Gasteiger charge is -2.36. The van der Waals surface area contributed by atoms with E-state index in [1.807, 2.05) is 26.0 Å². The quantitative estimate of drug-likeness (QED) is 0.640. The van der Waals surface area contributed by atoms with E-state index in [0.717, 1.165) is 12.0 Å². The molecule has 0 spiro atoms. The maximum absolute atomic E-state index is 13.0. The first-order chi connectivity index (χ1) is 13.9. The Morgan fingerprint density at radius 2 is 2.03 bits per heavy atom. The normalized spacial score (nSPS) is 16.6. The average molecular weight is 417 g/mol. The molecule has 0 saturated carbocycles. The van der Waals surface area contributed by atoms with E-state index in [1.165, 1.54) is 11.1 Å². The van der Waals surface area contributed by atoms with Gasteiger partial charge in [-0.05, 0) is 56.0 Å². The van der Waals surface area contributed by atoms with Gasteiger partial charge < -0.3 is 15.2 Å². The SMILES string of the molecule is CC(C)OCCCNC(=O)[C@H]1Cc2ccccc2CN1Cc1cc(Cl)ccc1O. The lowest BCUT2D eigenvalue weighted by Crippen LogP contribution is -2.50. The van der Waals surface area contributed by atoms with E-state index >= 15 is 0 Å². The van der Waals surface area contributed by atoms with Crippen molar-refractivity contribution in [3.8, 4) is 5.75 Å². The van der Waals surface area contributed by atoms with E-state index in [0.29, 0.717) is 37.7 Å². The molecule has 5 nitrogen and oxygen atoms in total. The molecule has 0 aliphatic carbocycles. The minimum atomic E-state index is -0.297. The Morgan fingerprint density at radius 3 is 2.79 bits per heavy atom. The third-order valence-electron chi connectivity index (χ3n) is 5.14. The third kappa shape index (κ3) is 5.95. The number of benzene rings is 2. The summed E-state index contributed by atoms with van der Waals surface area (Å²) >= 11 is 6.11. The zero-order chi connectivity index (χ0) is 20.8. The molecule has 2 N–H and O–H groups in total. The van der Waals surface area contributed by atoms with Crippen LogP contribution in [0.2, 0.25) is 5.02 Å². The van der Waals surface area contributed by atoms with Crippen LogP contribution in [-0.4, -0.2) is 41.2 Å². The molecule has 1 atom stereocenters. The number of halogens is 1. The van der Waals surface area contributed by atoms with Gasteiger partial charge in [0.25, 0.3) is 0 Å². The van der Waals surface area contributed by atoms with Gasteiger partial charge in [0.1, 0.15) is 5.75 Å². The van der Waals surface area contributed by atoms with Crippen LogP contribution in [-0.2, 0) is 29.0 Å². The molecule has 1 heterocycles. The number of nitrogens with one attached hydrogen (secondary N) is 1. The average Bonchev–Trinajstić information content (AvgIpc) is 2.69. The van der Waals surface area contributed by atoms with Gasteiger partial charge in [-0.15, -0.1) is 0 Å². The highest BCUT2D eigenvalue weighted by molar-refractivity contribution is 6.30. The zero-order valence-electron chi connectivity index (χ0n) is 17.0. The van der Waals surface area contributed by atoms with Crippen LogP contribution in [0.5, 0.6) is 5.75 Å². The van der Waals surface area contributed by atoms with Gasteiger partial charge in [0.05, 0.1) is 12.1 Å². The van der Waals surface area contributed by atoms with E-state index in [2.05, 4.69) is 22.3 Å². The maximum atomic E-state index is 13.0. The number of fused-ring (bicyclic) bond motifs is 1. The fourth-order valence-corrected chi connectivity index (χ4v) is 3.82. The van der Waals surface area contributed by atoms with Crippen LogP contribution in [0.3, 0.4) is 0 Å². The van der Waals surface area contributed by atoms with Crippen LogP contribution < -0.4 is 5.32 Å². The summed E-state index contributed by atoms with van der Waals surface area (Å²) in [6, 6.07) is 12.9. The molecule has 2 aromatic rings. The van der Waals surface area contributed by atoms with E-state index in [-0.39, 0.29) is 23.8 Å². The molecule has 3 rings (SSSR count). The molecule has 29 heavy (non-hydrogen) atoms. The summed E-state index contributed by atoms with van der Waals surface area (Å²) in [4.78, 5) is 15.1. The van der Waals surface area contributed by atoms with E-state index in [1.54, 1.807) is 18.2 Å². The van der Waals surface area contributed by atoms with Crippen LogP contribution >= 0.6 is 11.6 Å². The Hall–Kier alpha value is -2.08. The molecule has 0 radical (unpaired) electrons. The summed E-state index contributed by atoms with van der Waals surface area (Å²) in [6.45, 7) is 6.32. The molecular weight excluding hydrogens is 388 g/mol. The summed E-state index contributed by atoms with van der Waals surface area (Å²) in [5.41, 5.74) is 3.13. The molecule has 0 bridgehead atoms. The van der Waals surface area contributed by atoms with Gasteiger partial charge in [-0.25, -0.2) is 0 Å². The molecule has 1 amide bonds. The number of carbonyl (C=O) groups is 1. The van der Waals surface area contributed by atoms with Gasteiger partial charge in [0.15, 0.2) is 0 Å².